The number of nitrogens with zero attached hydrogens (tertiary/aromatic N) is 1. The number of aryl methyl sites for hydroxylation is 1. The van der Waals surface area contributed by atoms with Crippen molar-refractivity contribution in [3.8, 4) is 17.0 Å². The first-order valence-electron chi connectivity index (χ1n) is 6.33. The fourth-order valence-electron chi connectivity index (χ4n) is 3.14. The van der Waals surface area contributed by atoms with Crippen LogP contribution in [-0.2, 0) is 13.0 Å². The van der Waals surface area contributed by atoms with E-state index in [1.54, 1.807) is 0 Å². The van der Waals surface area contributed by atoms with Crippen molar-refractivity contribution < 1.29 is 4.74 Å². The second-order valence-corrected chi connectivity index (χ2v) is 4.95. The average molecular weight is 225 g/mol. The van der Waals surface area contributed by atoms with Crippen LogP contribution in [0.2, 0.25) is 0 Å². The third kappa shape index (κ3) is 1.15. The normalized spacial score (nSPS) is 20.4. The monoisotopic (exact) mass is 225 g/mol. The Labute approximate surface area is 101 Å². The van der Waals surface area contributed by atoms with Crippen molar-refractivity contribution in [3.63, 3.8) is 0 Å². The van der Waals surface area contributed by atoms with Crippen LogP contribution in [0.3, 0.4) is 0 Å². The number of hydrogen-bond acceptors (Lipinski definition) is 1. The van der Waals surface area contributed by atoms with Gasteiger partial charge in [-0.05, 0) is 38.0 Å². The van der Waals surface area contributed by atoms with Crippen LogP contribution < -0.4 is 4.74 Å². The first-order chi connectivity index (χ1) is 8.34. The molecule has 2 nitrogen and oxygen atoms in total. The van der Waals surface area contributed by atoms with Crippen molar-refractivity contribution in [2.45, 2.75) is 32.4 Å². The Morgan fingerprint density at radius 3 is 3.12 bits per heavy atom. The van der Waals surface area contributed by atoms with E-state index >= 15 is 0 Å². The third-order valence-electron chi connectivity index (χ3n) is 3.91. The summed E-state index contributed by atoms with van der Waals surface area (Å²) in [5, 5.41) is 0. The molecule has 2 aliphatic heterocycles. The highest BCUT2D eigenvalue weighted by molar-refractivity contribution is 5.74. The molecule has 0 saturated carbocycles. The van der Waals surface area contributed by atoms with Gasteiger partial charge < -0.3 is 9.30 Å². The number of aromatic nitrogens is 1. The molecule has 0 N–H and O–H groups in total. The fraction of sp³-hybridized carbons (Fsp3) is 0.333. The van der Waals surface area contributed by atoms with Crippen molar-refractivity contribution in [3.05, 3.63) is 41.6 Å². The van der Waals surface area contributed by atoms with Crippen LogP contribution in [0.5, 0.6) is 5.75 Å². The van der Waals surface area contributed by atoms with Crippen molar-refractivity contribution in [2.75, 3.05) is 0 Å². The summed E-state index contributed by atoms with van der Waals surface area (Å²) in [6.45, 7) is 3.30. The zero-order valence-electron chi connectivity index (χ0n) is 9.94. The number of rotatable bonds is 0. The molecule has 0 amide bonds. The van der Waals surface area contributed by atoms with Crippen LogP contribution in [-0.4, -0.2) is 4.57 Å². The highest BCUT2D eigenvalue weighted by Gasteiger charge is 2.29. The molecule has 17 heavy (non-hydrogen) atoms. The summed E-state index contributed by atoms with van der Waals surface area (Å²) in [4.78, 5) is 0. The maximum absolute atomic E-state index is 5.98. The molecule has 2 aliphatic rings. The lowest BCUT2D eigenvalue weighted by molar-refractivity contribution is 0.223. The van der Waals surface area contributed by atoms with E-state index in [0.29, 0.717) is 0 Å². The van der Waals surface area contributed by atoms with Gasteiger partial charge in [0.05, 0.1) is 5.69 Å². The Hall–Kier alpha value is -1.70. The maximum atomic E-state index is 5.98. The van der Waals surface area contributed by atoms with Crippen molar-refractivity contribution in [1.29, 1.82) is 0 Å². The number of para-hydroxylation sites is 1. The summed E-state index contributed by atoms with van der Waals surface area (Å²) in [5.41, 5.74) is 5.49. The van der Waals surface area contributed by atoms with E-state index in [1.165, 1.54) is 35.4 Å². The molecule has 4 rings (SSSR count). The third-order valence-corrected chi connectivity index (χ3v) is 3.91. The summed E-state index contributed by atoms with van der Waals surface area (Å²) in [6, 6.07) is 10.7. The largest absolute Gasteiger partial charge is 0.485 e. The quantitative estimate of drug-likeness (QED) is 0.668. The molecule has 0 aliphatic carbocycles. The lowest BCUT2D eigenvalue weighted by atomic mass is 10.00. The zero-order chi connectivity index (χ0) is 11.4. The molecule has 1 atom stereocenters. The summed E-state index contributed by atoms with van der Waals surface area (Å²) in [7, 11) is 0. The van der Waals surface area contributed by atoms with E-state index in [4.69, 9.17) is 4.74 Å². The second-order valence-electron chi connectivity index (χ2n) is 4.95. The fourth-order valence-corrected chi connectivity index (χ4v) is 3.14. The Morgan fingerprint density at radius 1 is 1.29 bits per heavy atom. The molecule has 3 heterocycles. The molecule has 1 aromatic carbocycles. The van der Waals surface area contributed by atoms with Gasteiger partial charge in [-0.2, -0.15) is 0 Å². The van der Waals surface area contributed by atoms with Crippen LogP contribution in [0, 0.1) is 0 Å². The predicted octanol–water partition coefficient (Wildman–Crippen LogP) is 3.55. The SMILES string of the molecule is CC1Oc2ccccc2-c2c1cc1n2CCC1. The van der Waals surface area contributed by atoms with E-state index in [0.717, 1.165) is 12.3 Å². The molecule has 0 fully saturated rings. The minimum Gasteiger partial charge on any atom is -0.485 e. The lowest BCUT2D eigenvalue weighted by Crippen LogP contribution is -2.11. The molecule has 1 aromatic heterocycles. The highest BCUT2D eigenvalue weighted by atomic mass is 16.5. The van der Waals surface area contributed by atoms with Crippen LogP contribution in [0.25, 0.3) is 11.3 Å². The van der Waals surface area contributed by atoms with Crippen LogP contribution in [0.4, 0.5) is 0 Å². The van der Waals surface area contributed by atoms with Gasteiger partial charge in [0.25, 0.3) is 0 Å². The Kier molecular flexibility index (Phi) is 1.74. The summed E-state index contributed by atoms with van der Waals surface area (Å²) < 4.78 is 8.46. The highest BCUT2D eigenvalue weighted by Crippen LogP contribution is 2.44. The molecule has 2 heteroatoms. The van der Waals surface area contributed by atoms with E-state index < -0.39 is 0 Å². The molecule has 0 bridgehead atoms. The van der Waals surface area contributed by atoms with Gasteiger partial charge in [0.15, 0.2) is 0 Å². The minimum absolute atomic E-state index is 0.179. The lowest BCUT2D eigenvalue weighted by Gasteiger charge is -2.25. The number of fused-ring (bicyclic) bond motifs is 5. The van der Waals surface area contributed by atoms with E-state index in [2.05, 4.69) is 35.8 Å². The molecule has 0 spiro atoms. The molecule has 0 radical (unpaired) electrons. The van der Waals surface area contributed by atoms with Gasteiger partial charge in [0.2, 0.25) is 0 Å². The standard InChI is InChI=1S/C15H15NO/c1-10-13-9-11-5-4-8-16(11)15(13)12-6-2-3-7-14(12)17-10/h2-3,6-7,9-10H,4-5,8H2,1H3. The van der Waals surface area contributed by atoms with E-state index in [1.807, 2.05) is 6.07 Å². The molecule has 1 unspecified atom stereocenters. The van der Waals surface area contributed by atoms with E-state index in [9.17, 15) is 0 Å². The molecular weight excluding hydrogens is 210 g/mol. The first-order valence-corrected chi connectivity index (χ1v) is 6.33. The van der Waals surface area contributed by atoms with Gasteiger partial charge >= 0.3 is 0 Å². The van der Waals surface area contributed by atoms with Gasteiger partial charge in [-0.15, -0.1) is 0 Å². The molecule has 0 saturated heterocycles. The van der Waals surface area contributed by atoms with Gasteiger partial charge in [0.1, 0.15) is 11.9 Å². The topological polar surface area (TPSA) is 14.2 Å². The smallest absolute Gasteiger partial charge is 0.129 e. The van der Waals surface area contributed by atoms with Gasteiger partial charge in [-0.3, -0.25) is 0 Å². The van der Waals surface area contributed by atoms with Crippen molar-refractivity contribution >= 4 is 0 Å². The van der Waals surface area contributed by atoms with Crippen LogP contribution in [0.1, 0.15) is 30.7 Å². The number of hydrogen-bond donors (Lipinski definition) is 0. The summed E-state index contributed by atoms with van der Waals surface area (Å²) in [6.07, 6.45) is 2.67. The van der Waals surface area contributed by atoms with Gasteiger partial charge in [0, 0.05) is 23.4 Å². The van der Waals surface area contributed by atoms with Gasteiger partial charge in [-0.25, -0.2) is 0 Å². The van der Waals surface area contributed by atoms with Crippen molar-refractivity contribution in [2.24, 2.45) is 0 Å². The first kappa shape index (κ1) is 9.34. The van der Waals surface area contributed by atoms with Crippen molar-refractivity contribution in [1.82, 2.24) is 4.57 Å². The van der Waals surface area contributed by atoms with Crippen LogP contribution >= 0.6 is 0 Å². The number of ether oxygens (including phenoxy) is 1. The second kappa shape index (κ2) is 3.16. The average Bonchev–Trinajstić information content (AvgIpc) is 2.89. The minimum atomic E-state index is 0.179. The Bertz CT molecular complexity index is 597. The zero-order valence-corrected chi connectivity index (χ0v) is 9.94. The molecular formula is C15H15NO. The number of benzene rings is 1. The maximum Gasteiger partial charge on any atom is 0.129 e. The Morgan fingerprint density at radius 2 is 2.18 bits per heavy atom. The van der Waals surface area contributed by atoms with Gasteiger partial charge in [-0.1, -0.05) is 12.1 Å². The summed E-state index contributed by atoms with van der Waals surface area (Å²) >= 11 is 0. The summed E-state index contributed by atoms with van der Waals surface area (Å²) in [5.74, 6) is 1.03. The predicted molar refractivity (Wildman–Crippen MR) is 67.2 cm³/mol. The van der Waals surface area contributed by atoms with Crippen LogP contribution in [0.15, 0.2) is 30.3 Å². The Balaban J connectivity index is 2.04. The molecule has 86 valence electrons. The molecule has 2 aromatic rings. The van der Waals surface area contributed by atoms with E-state index in [-0.39, 0.29) is 6.10 Å².